The minimum absolute atomic E-state index is 0.102. The quantitative estimate of drug-likeness (QED) is 0.643. The third kappa shape index (κ3) is 2.06. The molecule has 0 radical (unpaired) electrons. The fourth-order valence-electron chi connectivity index (χ4n) is 0.757. The highest BCUT2D eigenvalue weighted by atomic mass is 16.5. The molecule has 1 N–H and O–H groups in total. The van der Waals surface area contributed by atoms with Gasteiger partial charge in [-0.1, -0.05) is 0 Å². The van der Waals surface area contributed by atoms with Gasteiger partial charge in [-0.3, -0.25) is 9.36 Å². The highest BCUT2D eigenvalue weighted by Crippen LogP contribution is 1.98. The Morgan fingerprint density at radius 1 is 1.83 bits per heavy atom. The lowest BCUT2D eigenvalue weighted by atomic mass is 10.5. The second kappa shape index (κ2) is 3.87. The van der Waals surface area contributed by atoms with Crippen LogP contribution >= 0.6 is 0 Å². The van der Waals surface area contributed by atoms with Crippen molar-refractivity contribution in [2.45, 2.75) is 20.3 Å². The lowest BCUT2D eigenvalue weighted by molar-refractivity contribution is -0.144. The third-order valence-corrected chi connectivity index (χ3v) is 1.37. The first-order valence-corrected chi connectivity index (χ1v) is 3.47. The monoisotopic (exact) mass is 170 g/mol. The molecule has 0 fully saturated rings. The molecule has 0 saturated carbocycles. The van der Waals surface area contributed by atoms with E-state index in [0.29, 0.717) is 5.69 Å². The number of nitrogens with zero attached hydrogens (tertiary/aromatic N) is 2. The first-order valence-electron chi connectivity index (χ1n) is 3.47. The summed E-state index contributed by atoms with van der Waals surface area (Å²) >= 11 is 0. The van der Waals surface area contributed by atoms with Crippen LogP contribution in [0.5, 0.6) is 0 Å². The Morgan fingerprint density at radius 2 is 2.58 bits per heavy atom. The van der Waals surface area contributed by atoms with E-state index in [1.807, 2.05) is 0 Å². The standard InChI is InChI=1S/C7H10N2O3/c1-6(11)12-5-9-4-8-2-7(9)3-10/h2,4,10H,3,5H2,1H3. The number of ether oxygens (including phenoxy) is 1. The largest absolute Gasteiger partial charge is 0.444 e. The smallest absolute Gasteiger partial charge is 0.304 e. The predicted octanol–water partition coefficient (Wildman–Crippen LogP) is -0.104. The first-order chi connectivity index (χ1) is 5.74. The van der Waals surface area contributed by atoms with E-state index in [0.717, 1.165) is 0 Å². The number of hydrogen-bond donors (Lipinski definition) is 1. The third-order valence-electron chi connectivity index (χ3n) is 1.37. The molecule has 1 aromatic heterocycles. The molecule has 0 aliphatic heterocycles. The molecule has 1 aromatic rings. The molecule has 0 aromatic carbocycles. The Hall–Kier alpha value is -1.36. The van der Waals surface area contributed by atoms with Crippen molar-refractivity contribution in [2.24, 2.45) is 0 Å². The van der Waals surface area contributed by atoms with Crippen LogP contribution in [-0.2, 0) is 22.9 Å². The summed E-state index contributed by atoms with van der Waals surface area (Å²) in [7, 11) is 0. The van der Waals surface area contributed by atoms with E-state index in [1.54, 1.807) is 4.57 Å². The van der Waals surface area contributed by atoms with Crippen LogP contribution in [-0.4, -0.2) is 20.6 Å². The predicted molar refractivity (Wildman–Crippen MR) is 39.9 cm³/mol. The van der Waals surface area contributed by atoms with E-state index in [1.165, 1.54) is 19.4 Å². The van der Waals surface area contributed by atoms with Gasteiger partial charge in [-0.15, -0.1) is 0 Å². The summed E-state index contributed by atoms with van der Waals surface area (Å²) in [4.78, 5) is 14.2. The van der Waals surface area contributed by atoms with Crippen molar-refractivity contribution in [2.75, 3.05) is 0 Å². The maximum atomic E-state index is 10.4. The van der Waals surface area contributed by atoms with Gasteiger partial charge in [0.05, 0.1) is 24.8 Å². The number of hydrogen-bond acceptors (Lipinski definition) is 4. The van der Waals surface area contributed by atoms with Gasteiger partial charge < -0.3 is 9.84 Å². The summed E-state index contributed by atoms with van der Waals surface area (Å²) < 4.78 is 6.26. The van der Waals surface area contributed by atoms with Crippen molar-refractivity contribution in [1.29, 1.82) is 0 Å². The van der Waals surface area contributed by atoms with Crippen LogP contribution in [0.15, 0.2) is 12.5 Å². The van der Waals surface area contributed by atoms with Crippen molar-refractivity contribution in [3.63, 3.8) is 0 Å². The van der Waals surface area contributed by atoms with Crippen LogP contribution in [0.2, 0.25) is 0 Å². The van der Waals surface area contributed by atoms with Crippen molar-refractivity contribution in [3.05, 3.63) is 18.2 Å². The molecular weight excluding hydrogens is 160 g/mol. The Bertz CT molecular complexity index is 269. The van der Waals surface area contributed by atoms with Crippen LogP contribution in [0.25, 0.3) is 0 Å². The molecule has 0 amide bonds. The molecule has 0 aliphatic rings. The van der Waals surface area contributed by atoms with Crippen LogP contribution in [0.1, 0.15) is 12.6 Å². The molecule has 5 nitrogen and oxygen atoms in total. The summed E-state index contributed by atoms with van der Waals surface area (Å²) in [5, 5.41) is 8.77. The number of aromatic nitrogens is 2. The molecule has 0 unspecified atom stereocenters. The number of carbonyl (C=O) groups excluding carboxylic acids is 1. The topological polar surface area (TPSA) is 64.4 Å². The van der Waals surface area contributed by atoms with Gasteiger partial charge in [-0.2, -0.15) is 0 Å². The van der Waals surface area contributed by atoms with Gasteiger partial charge in [0.2, 0.25) is 0 Å². The summed E-state index contributed by atoms with van der Waals surface area (Å²) in [6, 6.07) is 0. The van der Waals surface area contributed by atoms with E-state index in [-0.39, 0.29) is 19.3 Å². The fraction of sp³-hybridized carbons (Fsp3) is 0.429. The summed E-state index contributed by atoms with van der Waals surface area (Å²) in [5.74, 6) is -0.354. The zero-order chi connectivity index (χ0) is 8.97. The molecule has 1 rings (SSSR count). The molecular formula is C7H10N2O3. The minimum atomic E-state index is -0.354. The molecule has 0 spiro atoms. The fourth-order valence-corrected chi connectivity index (χ4v) is 0.757. The van der Waals surface area contributed by atoms with Gasteiger partial charge in [-0.25, -0.2) is 4.98 Å². The van der Waals surface area contributed by atoms with E-state index in [9.17, 15) is 4.79 Å². The van der Waals surface area contributed by atoms with Crippen molar-refractivity contribution in [1.82, 2.24) is 9.55 Å². The molecule has 66 valence electrons. The highest BCUT2D eigenvalue weighted by molar-refractivity contribution is 5.65. The molecule has 12 heavy (non-hydrogen) atoms. The normalized spacial score (nSPS) is 9.83. The minimum Gasteiger partial charge on any atom is -0.444 e. The Balaban J connectivity index is 2.56. The molecule has 0 saturated heterocycles. The van der Waals surface area contributed by atoms with Crippen LogP contribution in [0.4, 0.5) is 0 Å². The van der Waals surface area contributed by atoms with Crippen LogP contribution < -0.4 is 0 Å². The van der Waals surface area contributed by atoms with Gasteiger partial charge >= 0.3 is 5.97 Å². The second-order valence-electron chi connectivity index (χ2n) is 2.28. The van der Waals surface area contributed by atoms with Gasteiger partial charge in [0.1, 0.15) is 0 Å². The van der Waals surface area contributed by atoms with E-state index >= 15 is 0 Å². The molecule has 5 heteroatoms. The zero-order valence-electron chi connectivity index (χ0n) is 6.73. The van der Waals surface area contributed by atoms with Crippen LogP contribution in [0, 0.1) is 0 Å². The highest BCUT2D eigenvalue weighted by Gasteiger charge is 2.00. The molecule has 0 atom stereocenters. The lowest BCUT2D eigenvalue weighted by Gasteiger charge is -2.04. The summed E-state index contributed by atoms with van der Waals surface area (Å²) in [6.07, 6.45) is 3.01. The van der Waals surface area contributed by atoms with Crippen molar-refractivity contribution < 1.29 is 14.6 Å². The Morgan fingerprint density at radius 3 is 3.17 bits per heavy atom. The molecule has 0 bridgehead atoms. The number of rotatable bonds is 3. The molecule has 0 aliphatic carbocycles. The van der Waals surface area contributed by atoms with E-state index in [4.69, 9.17) is 9.84 Å². The zero-order valence-corrected chi connectivity index (χ0v) is 6.73. The lowest BCUT2D eigenvalue weighted by Crippen LogP contribution is -2.08. The summed E-state index contributed by atoms with van der Waals surface area (Å²) in [6.45, 7) is 1.32. The van der Waals surface area contributed by atoms with E-state index in [2.05, 4.69) is 4.98 Å². The SMILES string of the molecule is CC(=O)OCn1cncc1CO. The first kappa shape index (κ1) is 8.73. The Kier molecular flexibility index (Phi) is 2.82. The average molecular weight is 170 g/mol. The number of esters is 1. The summed E-state index contributed by atoms with van der Waals surface area (Å²) in [5.41, 5.74) is 0.622. The van der Waals surface area contributed by atoms with Crippen molar-refractivity contribution in [3.8, 4) is 0 Å². The van der Waals surface area contributed by atoms with Gasteiger partial charge in [0.15, 0.2) is 6.73 Å². The van der Waals surface area contributed by atoms with Crippen LogP contribution in [0.3, 0.4) is 0 Å². The number of imidazole rings is 1. The number of aliphatic hydroxyl groups excluding tert-OH is 1. The second-order valence-corrected chi connectivity index (χ2v) is 2.28. The maximum Gasteiger partial charge on any atom is 0.304 e. The average Bonchev–Trinajstić information content (AvgIpc) is 2.47. The molecule has 1 heterocycles. The maximum absolute atomic E-state index is 10.4. The Labute approximate surface area is 69.6 Å². The van der Waals surface area contributed by atoms with Gasteiger partial charge in [-0.05, 0) is 0 Å². The van der Waals surface area contributed by atoms with E-state index < -0.39 is 0 Å². The number of aliphatic hydroxyl groups is 1. The van der Waals surface area contributed by atoms with Gasteiger partial charge in [0.25, 0.3) is 0 Å². The van der Waals surface area contributed by atoms with Gasteiger partial charge in [0, 0.05) is 6.92 Å². The van der Waals surface area contributed by atoms with Crippen molar-refractivity contribution >= 4 is 5.97 Å². The number of carbonyl (C=O) groups is 1.